The number of hydrogen-bond acceptors (Lipinski definition) is 2. The molecule has 1 aliphatic heterocycles. The molecule has 0 radical (unpaired) electrons. The number of nitrogens with one attached hydrogen (secondary N) is 1. The third kappa shape index (κ3) is 4.49. The third-order valence-corrected chi connectivity index (χ3v) is 6.65. The van der Waals surface area contributed by atoms with Gasteiger partial charge in [0.05, 0.1) is 0 Å². The van der Waals surface area contributed by atoms with Crippen LogP contribution >= 0.6 is 0 Å². The first-order chi connectivity index (χ1) is 11.2. The Labute approximate surface area is 142 Å². The van der Waals surface area contributed by atoms with E-state index in [1.807, 2.05) is 0 Å². The zero-order valence-corrected chi connectivity index (χ0v) is 15.2. The smallest absolute Gasteiger partial charge is 0.223 e. The maximum atomic E-state index is 13.0. The van der Waals surface area contributed by atoms with E-state index in [2.05, 4.69) is 24.1 Å². The second kappa shape index (κ2) is 8.00. The molecule has 0 spiro atoms. The van der Waals surface area contributed by atoms with Gasteiger partial charge in [-0.3, -0.25) is 4.79 Å². The number of carbonyl (C=O) groups excluding carboxylic acids is 1. The van der Waals surface area contributed by atoms with Gasteiger partial charge < -0.3 is 10.2 Å². The molecule has 2 saturated carbocycles. The lowest BCUT2D eigenvalue weighted by Crippen LogP contribution is -2.45. The molecule has 0 bridgehead atoms. The molecule has 2 unspecified atom stereocenters. The lowest BCUT2D eigenvalue weighted by atomic mass is 9.82. The summed E-state index contributed by atoms with van der Waals surface area (Å²) in [5, 5.41) is 3.50. The molecular weight excluding hydrogens is 284 g/mol. The Kier molecular flexibility index (Phi) is 6.01. The standard InChI is InChI=1S/C20H36N2O/c1-3-16-6-8-18(9-7-16)22(19-10-11-19)20(23)13-15(2)17-5-4-12-21-14-17/h15-19,21H,3-14H2,1-2H3. The summed E-state index contributed by atoms with van der Waals surface area (Å²) in [5.41, 5.74) is 0. The second-order valence-electron chi connectivity index (χ2n) is 8.40. The van der Waals surface area contributed by atoms with Crippen molar-refractivity contribution in [3.63, 3.8) is 0 Å². The van der Waals surface area contributed by atoms with Gasteiger partial charge in [-0.15, -0.1) is 0 Å². The van der Waals surface area contributed by atoms with Crippen LogP contribution in [0, 0.1) is 17.8 Å². The zero-order valence-electron chi connectivity index (χ0n) is 15.2. The Morgan fingerprint density at radius 2 is 1.74 bits per heavy atom. The first-order valence-electron chi connectivity index (χ1n) is 10.2. The van der Waals surface area contributed by atoms with Crippen molar-refractivity contribution in [2.45, 2.75) is 90.1 Å². The van der Waals surface area contributed by atoms with Crippen molar-refractivity contribution in [2.75, 3.05) is 13.1 Å². The molecule has 23 heavy (non-hydrogen) atoms. The lowest BCUT2D eigenvalue weighted by Gasteiger charge is -2.38. The van der Waals surface area contributed by atoms with Gasteiger partial charge >= 0.3 is 0 Å². The van der Waals surface area contributed by atoms with Gasteiger partial charge in [-0.05, 0) is 82.2 Å². The molecule has 0 aromatic rings. The number of hydrogen-bond donors (Lipinski definition) is 1. The highest BCUT2D eigenvalue weighted by Crippen LogP contribution is 2.37. The van der Waals surface area contributed by atoms with Crippen molar-refractivity contribution in [1.82, 2.24) is 10.2 Å². The monoisotopic (exact) mass is 320 g/mol. The van der Waals surface area contributed by atoms with Crippen LogP contribution in [0.15, 0.2) is 0 Å². The summed E-state index contributed by atoms with van der Waals surface area (Å²) in [5.74, 6) is 2.60. The quantitative estimate of drug-likeness (QED) is 0.803. The van der Waals surface area contributed by atoms with Crippen LogP contribution in [0.25, 0.3) is 0 Å². The Balaban J connectivity index is 1.54. The number of carbonyl (C=O) groups is 1. The first kappa shape index (κ1) is 17.3. The van der Waals surface area contributed by atoms with Gasteiger partial charge in [-0.1, -0.05) is 20.3 Å². The number of nitrogens with zero attached hydrogens (tertiary/aromatic N) is 1. The highest BCUT2D eigenvalue weighted by molar-refractivity contribution is 5.77. The fraction of sp³-hybridized carbons (Fsp3) is 0.950. The molecule has 1 saturated heterocycles. The molecular formula is C20H36N2O. The lowest BCUT2D eigenvalue weighted by molar-refractivity contribution is -0.136. The maximum absolute atomic E-state index is 13.0. The minimum Gasteiger partial charge on any atom is -0.337 e. The van der Waals surface area contributed by atoms with Crippen molar-refractivity contribution in [3.05, 3.63) is 0 Å². The van der Waals surface area contributed by atoms with E-state index in [4.69, 9.17) is 0 Å². The predicted octanol–water partition coefficient (Wildman–Crippen LogP) is 3.97. The zero-order chi connectivity index (χ0) is 16.2. The van der Waals surface area contributed by atoms with Crippen LogP contribution in [0.2, 0.25) is 0 Å². The van der Waals surface area contributed by atoms with E-state index in [0.717, 1.165) is 25.4 Å². The van der Waals surface area contributed by atoms with Crippen molar-refractivity contribution in [3.8, 4) is 0 Å². The third-order valence-electron chi connectivity index (χ3n) is 6.65. The summed E-state index contributed by atoms with van der Waals surface area (Å²) in [4.78, 5) is 15.4. The van der Waals surface area contributed by atoms with Crippen molar-refractivity contribution in [1.29, 1.82) is 0 Å². The van der Waals surface area contributed by atoms with Crippen LogP contribution in [-0.2, 0) is 4.79 Å². The topological polar surface area (TPSA) is 32.3 Å². The van der Waals surface area contributed by atoms with E-state index in [1.165, 1.54) is 57.8 Å². The summed E-state index contributed by atoms with van der Waals surface area (Å²) in [7, 11) is 0. The number of amides is 1. The van der Waals surface area contributed by atoms with Gasteiger partial charge in [0, 0.05) is 18.5 Å². The Hall–Kier alpha value is -0.570. The molecule has 1 heterocycles. The molecule has 0 aromatic carbocycles. The van der Waals surface area contributed by atoms with E-state index in [1.54, 1.807) is 0 Å². The molecule has 3 aliphatic rings. The van der Waals surface area contributed by atoms with Crippen LogP contribution in [0.1, 0.15) is 78.1 Å². The summed E-state index contributed by atoms with van der Waals surface area (Å²) < 4.78 is 0. The van der Waals surface area contributed by atoms with E-state index < -0.39 is 0 Å². The van der Waals surface area contributed by atoms with E-state index in [0.29, 0.717) is 29.8 Å². The van der Waals surface area contributed by atoms with Crippen LogP contribution < -0.4 is 5.32 Å². The van der Waals surface area contributed by atoms with Gasteiger partial charge in [-0.2, -0.15) is 0 Å². The molecule has 2 aliphatic carbocycles. The van der Waals surface area contributed by atoms with Gasteiger partial charge in [0.2, 0.25) is 5.91 Å². The Morgan fingerprint density at radius 1 is 1.09 bits per heavy atom. The van der Waals surface area contributed by atoms with Crippen LogP contribution in [0.3, 0.4) is 0 Å². The summed E-state index contributed by atoms with van der Waals surface area (Å²) >= 11 is 0. The molecule has 1 N–H and O–H groups in total. The normalized spacial score (nSPS) is 33.2. The molecule has 3 heteroatoms. The molecule has 3 nitrogen and oxygen atoms in total. The van der Waals surface area contributed by atoms with Crippen molar-refractivity contribution < 1.29 is 4.79 Å². The average molecular weight is 321 g/mol. The molecule has 1 amide bonds. The molecule has 3 rings (SSSR count). The number of piperidine rings is 1. The second-order valence-corrected chi connectivity index (χ2v) is 8.40. The van der Waals surface area contributed by atoms with Gasteiger partial charge in [0.15, 0.2) is 0 Å². The van der Waals surface area contributed by atoms with E-state index in [-0.39, 0.29) is 0 Å². The predicted molar refractivity (Wildman–Crippen MR) is 95.3 cm³/mol. The van der Waals surface area contributed by atoms with Crippen LogP contribution in [0.4, 0.5) is 0 Å². The SMILES string of the molecule is CCC1CCC(N(C(=O)CC(C)C2CCCNC2)C2CC2)CC1. The average Bonchev–Trinajstić information content (AvgIpc) is 3.41. The molecule has 0 aromatic heterocycles. The highest BCUT2D eigenvalue weighted by atomic mass is 16.2. The minimum absolute atomic E-state index is 0.463. The maximum Gasteiger partial charge on any atom is 0.223 e. The van der Waals surface area contributed by atoms with E-state index in [9.17, 15) is 4.79 Å². The van der Waals surface area contributed by atoms with Crippen LogP contribution in [-0.4, -0.2) is 36.0 Å². The fourth-order valence-corrected chi connectivity index (χ4v) is 4.80. The summed E-state index contributed by atoms with van der Waals surface area (Å²) in [6.07, 6.45) is 12.3. The first-order valence-corrected chi connectivity index (χ1v) is 10.2. The van der Waals surface area contributed by atoms with Gasteiger partial charge in [0.1, 0.15) is 0 Å². The Morgan fingerprint density at radius 3 is 2.26 bits per heavy atom. The number of rotatable bonds is 6. The largest absolute Gasteiger partial charge is 0.337 e. The summed E-state index contributed by atoms with van der Waals surface area (Å²) in [6.45, 7) is 6.88. The van der Waals surface area contributed by atoms with Crippen molar-refractivity contribution in [2.24, 2.45) is 17.8 Å². The van der Waals surface area contributed by atoms with Crippen LogP contribution in [0.5, 0.6) is 0 Å². The van der Waals surface area contributed by atoms with E-state index >= 15 is 0 Å². The van der Waals surface area contributed by atoms with Gasteiger partial charge in [0.25, 0.3) is 0 Å². The highest BCUT2D eigenvalue weighted by Gasteiger charge is 2.39. The van der Waals surface area contributed by atoms with Crippen molar-refractivity contribution >= 4 is 5.91 Å². The molecule has 2 atom stereocenters. The fourth-order valence-electron chi connectivity index (χ4n) is 4.80. The summed E-state index contributed by atoms with van der Waals surface area (Å²) in [6, 6.07) is 1.14. The Bertz CT molecular complexity index is 379. The molecule has 132 valence electrons. The minimum atomic E-state index is 0.463. The van der Waals surface area contributed by atoms with Gasteiger partial charge in [-0.25, -0.2) is 0 Å². The molecule has 3 fully saturated rings.